The molecule has 0 fully saturated rings. The van der Waals surface area contributed by atoms with Gasteiger partial charge in [0.25, 0.3) is 0 Å². The molecule has 0 aliphatic rings. The predicted octanol–water partition coefficient (Wildman–Crippen LogP) is 2.86. The van der Waals surface area contributed by atoms with Crippen LogP contribution in [0.4, 0.5) is 4.79 Å². The molecule has 4 heteroatoms. The molecule has 0 bridgehead atoms. The van der Waals surface area contributed by atoms with Gasteiger partial charge in [-0.1, -0.05) is 13.8 Å². The smallest absolute Gasteiger partial charge is 0.407 e. The number of hydrogen-bond donors (Lipinski definition) is 2. The third-order valence-electron chi connectivity index (χ3n) is 1.00. The maximum atomic E-state index is 11.0. The van der Waals surface area contributed by atoms with Crippen LogP contribution in [0.3, 0.4) is 0 Å². The van der Waals surface area contributed by atoms with Gasteiger partial charge in [0.2, 0.25) is 0 Å². The molecule has 14 heavy (non-hydrogen) atoms. The highest BCUT2D eigenvalue weighted by molar-refractivity contribution is 7.80. The van der Waals surface area contributed by atoms with E-state index in [4.69, 9.17) is 4.74 Å². The van der Waals surface area contributed by atoms with Gasteiger partial charge in [0.05, 0.1) is 0 Å². The van der Waals surface area contributed by atoms with Crippen LogP contribution in [0, 0.1) is 0 Å². The van der Waals surface area contributed by atoms with E-state index in [0.29, 0.717) is 6.54 Å². The van der Waals surface area contributed by atoms with Crippen LogP contribution in [0.2, 0.25) is 0 Å². The number of carbonyl (C=O) groups is 1. The minimum absolute atomic E-state index is 0.357. The van der Waals surface area contributed by atoms with E-state index < -0.39 is 5.60 Å². The van der Waals surface area contributed by atoms with Gasteiger partial charge in [0.1, 0.15) is 5.60 Å². The van der Waals surface area contributed by atoms with Crippen LogP contribution in [-0.4, -0.2) is 24.0 Å². The van der Waals surface area contributed by atoms with Crippen molar-refractivity contribution in [3.8, 4) is 0 Å². The molecule has 0 radical (unpaired) electrons. The molecule has 0 aromatic rings. The molecule has 0 saturated carbocycles. The molecule has 3 nitrogen and oxygen atoms in total. The Hall–Kier alpha value is -0.380. The van der Waals surface area contributed by atoms with E-state index in [2.05, 4.69) is 17.9 Å². The van der Waals surface area contributed by atoms with E-state index in [1.54, 1.807) is 0 Å². The van der Waals surface area contributed by atoms with Crippen molar-refractivity contribution in [2.75, 3.05) is 12.3 Å². The molecule has 0 spiro atoms. The quantitative estimate of drug-likeness (QED) is 0.568. The summed E-state index contributed by atoms with van der Waals surface area (Å²) < 4.78 is 5.01. The number of alkyl carbamates (subject to hydrolysis) is 1. The summed E-state index contributed by atoms with van der Waals surface area (Å²) in [5.74, 6) is 0.774. The molecule has 1 N–H and O–H groups in total. The lowest BCUT2D eigenvalue weighted by molar-refractivity contribution is 0.0528. The minimum atomic E-state index is -0.412. The first-order valence-corrected chi connectivity index (χ1v) is 5.66. The highest BCUT2D eigenvalue weighted by Crippen LogP contribution is 2.06. The first-order chi connectivity index (χ1) is 6.45. The maximum Gasteiger partial charge on any atom is 0.407 e. The van der Waals surface area contributed by atoms with Crippen LogP contribution < -0.4 is 5.32 Å². The van der Waals surface area contributed by atoms with Gasteiger partial charge in [-0.25, -0.2) is 4.79 Å². The molecule has 86 valence electrons. The molecule has 1 amide bonds. The number of hydrogen-bond acceptors (Lipinski definition) is 3. The van der Waals surface area contributed by atoms with Gasteiger partial charge < -0.3 is 10.1 Å². The summed E-state index contributed by atoms with van der Waals surface area (Å²) in [7, 11) is 0. The number of thiol groups is 1. The maximum absolute atomic E-state index is 11.0. The summed E-state index contributed by atoms with van der Waals surface area (Å²) in [4.78, 5) is 11.0. The Kier molecular flexibility index (Phi) is 10.5. The van der Waals surface area contributed by atoms with Gasteiger partial charge in [-0.05, 0) is 32.9 Å². The zero-order valence-electron chi connectivity index (χ0n) is 9.89. The molecule has 0 aliphatic heterocycles. The van der Waals surface area contributed by atoms with Gasteiger partial charge in [-0.2, -0.15) is 12.6 Å². The number of ether oxygens (including phenoxy) is 1. The Morgan fingerprint density at radius 1 is 1.36 bits per heavy atom. The van der Waals surface area contributed by atoms with Crippen LogP contribution in [-0.2, 0) is 4.74 Å². The van der Waals surface area contributed by atoms with Gasteiger partial charge >= 0.3 is 6.09 Å². The molecule has 0 atom stereocenters. The zero-order chi connectivity index (χ0) is 11.6. The standard InChI is InChI=1S/C8H17NO2S.C2H6/c1-8(2,3)11-7(10)9-5-4-6-12;1-2/h12H,4-6H2,1-3H3,(H,9,10);1-2H3. The number of rotatable bonds is 3. The minimum Gasteiger partial charge on any atom is -0.444 e. The van der Waals surface area contributed by atoms with E-state index in [9.17, 15) is 4.79 Å². The van der Waals surface area contributed by atoms with E-state index in [-0.39, 0.29) is 6.09 Å². The van der Waals surface area contributed by atoms with Gasteiger partial charge in [0.15, 0.2) is 0 Å². The first kappa shape index (κ1) is 16.1. The van der Waals surface area contributed by atoms with Crippen LogP contribution in [0.5, 0.6) is 0 Å². The number of nitrogens with one attached hydrogen (secondary N) is 1. The van der Waals surface area contributed by atoms with E-state index in [1.807, 2.05) is 34.6 Å². The van der Waals surface area contributed by atoms with Crippen molar-refractivity contribution >= 4 is 18.7 Å². The van der Waals surface area contributed by atoms with Crippen molar-refractivity contribution in [2.24, 2.45) is 0 Å². The molecule has 0 saturated heterocycles. The Morgan fingerprint density at radius 3 is 2.21 bits per heavy atom. The largest absolute Gasteiger partial charge is 0.444 e. The molecule has 0 aromatic heterocycles. The van der Waals surface area contributed by atoms with Gasteiger partial charge in [-0.3, -0.25) is 0 Å². The third kappa shape index (κ3) is 14.2. The average Bonchev–Trinajstić information content (AvgIpc) is 2.05. The van der Waals surface area contributed by atoms with E-state index in [0.717, 1.165) is 12.2 Å². The lowest BCUT2D eigenvalue weighted by atomic mass is 10.2. The fourth-order valence-electron chi connectivity index (χ4n) is 0.584. The second-order valence-electron chi connectivity index (χ2n) is 3.51. The summed E-state index contributed by atoms with van der Waals surface area (Å²) in [5.41, 5.74) is -0.412. The third-order valence-corrected chi connectivity index (χ3v) is 1.32. The Bertz CT molecular complexity index is 144. The number of carbonyl (C=O) groups excluding carboxylic acids is 1. The summed E-state index contributed by atoms with van der Waals surface area (Å²) >= 11 is 4.02. The summed E-state index contributed by atoms with van der Waals surface area (Å²) in [6, 6.07) is 0. The average molecular weight is 221 g/mol. The second kappa shape index (κ2) is 9.19. The number of amides is 1. The van der Waals surface area contributed by atoms with Crippen molar-refractivity contribution in [3.63, 3.8) is 0 Å². The van der Waals surface area contributed by atoms with Crippen LogP contribution in [0.25, 0.3) is 0 Å². The highest BCUT2D eigenvalue weighted by Gasteiger charge is 2.14. The Morgan fingerprint density at radius 2 is 1.86 bits per heavy atom. The summed E-state index contributed by atoms with van der Waals surface area (Å²) in [6.07, 6.45) is 0.506. The molecule has 0 heterocycles. The van der Waals surface area contributed by atoms with Crippen molar-refractivity contribution in [1.82, 2.24) is 5.32 Å². The fourth-order valence-corrected chi connectivity index (χ4v) is 0.742. The topological polar surface area (TPSA) is 38.3 Å². The second-order valence-corrected chi connectivity index (χ2v) is 3.95. The normalized spacial score (nSPS) is 9.86. The molecule has 0 aromatic carbocycles. The highest BCUT2D eigenvalue weighted by atomic mass is 32.1. The zero-order valence-corrected chi connectivity index (χ0v) is 10.8. The Labute approximate surface area is 93.0 Å². The molecule has 0 unspecified atom stereocenters. The molecular formula is C10H23NO2S. The predicted molar refractivity (Wildman–Crippen MR) is 64.1 cm³/mol. The monoisotopic (exact) mass is 221 g/mol. The van der Waals surface area contributed by atoms with Crippen molar-refractivity contribution < 1.29 is 9.53 Å². The summed E-state index contributed by atoms with van der Waals surface area (Å²) in [5, 5.41) is 2.63. The van der Waals surface area contributed by atoms with E-state index >= 15 is 0 Å². The van der Waals surface area contributed by atoms with Crippen LogP contribution >= 0.6 is 12.6 Å². The lowest BCUT2D eigenvalue weighted by Gasteiger charge is -2.19. The molecule has 0 aliphatic carbocycles. The van der Waals surface area contributed by atoms with Crippen LogP contribution in [0.1, 0.15) is 41.0 Å². The fraction of sp³-hybridized carbons (Fsp3) is 0.900. The Balaban J connectivity index is 0. The van der Waals surface area contributed by atoms with Gasteiger partial charge in [-0.15, -0.1) is 0 Å². The van der Waals surface area contributed by atoms with Gasteiger partial charge in [0, 0.05) is 6.54 Å². The lowest BCUT2D eigenvalue weighted by Crippen LogP contribution is -2.33. The van der Waals surface area contributed by atoms with Crippen LogP contribution in [0.15, 0.2) is 0 Å². The SMILES string of the molecule is CC.CC(C)(C)OC(=O)NCCCS. The molecule has 0 rings (SSSR count). The molecular weight excluding hydrogens is 198 g/mol. The van der Waals surface area contributed by atoms with Crippen molar-refractivity contribution in [1.29, 1.82) is 0 Å². The summed E-state index contributed by atoms with van der Waals surface area (Å²) in [6.45, 7) is 10.1. The van der Waals surface area contributed by atoms with E-state index in [1.165, 1.54) is 0 Å². The first-order valence-electron chi connectivity index (χ1n) is 5.03. The van der Waals surface area contributed by atoms with Crippen molar-refractivity contribution in [3.05, 3.63) is 0 Å². The van der Waals surface area contributed by atoms with Crippen molar-refractivity contribution in [2.45, 2.75) is 46.6 Å².